The highest BCUT2D eigenvalue weighted by atomic mass is 35.5. The largest absolute Gasteiger partial charge is 0.493 e. The number of carbonyl (C=O) groups is 2. The molecule has 3 aromatic carbocycles. The molecule has 3 rings (SSSR count). The Kier molecular flexibility index (Phi) is 7.85. The molecular weight excluding hydrogens is 447 g/mol. The molecule has 0 saturated heterocycles. The van der Waals surface area contributed by atoms with Crippen molar-refractivity contribution in [3.63, 3.8) is 0 Å². The maximum absolute atomic E-state index is 13.0. The van der Waals surface area contributed by atoms with Gasteiger partial charge in [-0.15, -0.1) is 0 Å². The Morgan fingerprint density at radius 1 is 0.970 bits per heavy atom. The van der Waals surface area contributed by atoms with Gasteiger partial charge < -0.3 is 14.2 Å². The third-order valence-corrected chi connectivity index (χ3v) is 4.74. The van der Waals surface area contributed by atoms with Gasteiger partial charge >= 0.3 is 5.97 Å². The molecule has 0 radical (unpaired) electrons. The minimum atomic E-state index is -0.606. The standard InChI is InChI=1S/C26H22ClFO5/c1-16(2)32-26-22(27)14-17(15-23(26)31-3)4-13-24(29)33-21-11-7-19(8-12-21)25(30)18-5-9-20(28)10-6-18/h4-16H,1-3H3/b13-4+. The van der Waals surface area contributed by atoms with Crippen molar-refractivity contribution in [1.82, 2.24) is 0 Å². The van der Waals surface area contributed by atoms with Crippen LogP contribution in [-0.4, -0.2) is 25.0 Å². The van der Waals surface area contributed by atoms with Crippen molar-refractivity contribution in [1.29, 1.82) is 0 Å². The maximum atomic E-state index is 13.0. The van der Waals surface area contributed by atoms with Crippen LogP contribution in [0, 0.1) is 5.82 Å². The van der Waals surface area contributed by atoms with Crippen LogP contribution >= 0.6 is 11.6 Å². The molecule has 7 heteroatoms. The van der Waals surface area contributed by atoms with Gasteiger partial charge in [0, 0.05) is 17.2 Å². The van der Waals surface area contributed by atoms with E-state index in [0.29, 0.717) is 33.2 Å². The molecule has 0 heterocycles. The van der Waals surface area contributed by atoms with E-state index < -0.39 is 11.8 Å². The van der Waals surface area contributed by atoms with Gasteiger partial charge in [-0.3, -0.25) is 4.79 Å². The Morgan fingerprint density at radius 2 is 1.58 bits per heavy atom. The summed E-state index contributed by atoms with van der Waals surface area (Å²) in [6, 6.07) is 14.7. The fraction of sp³-hybridized carbons (Fsp3) is 0.154. The molecule has 0 aliphatic carbocycles. The number of carbonyl (C=O) groups excluding carboxylic acids is 2. The Balaban J connectivity index is 1.66. The average molecular weight is 469 g/mol. The van der Waals surface area contributed by atoms with E-state index in [-0.39, 0.29) is 17.6 Å². The molecule has 33 heavy (non-hydrogen) atoms. The lowest BCUT2D eigenvalue weighted by Gasteiger charge is -2.15. The molecule has 0 amide bonds. The van der Waals surface area contributed by atoms with Crippen LogP contribution in [0.4, 0.5) is 4.39 Å². The van der Waals surface area contributed by atoms with Gasteiger partial charge in [-0.05, 0) is 86.2 Å². The first-order valence-electron chi connectivity index (χ1n) is 10.1. The molecule has 0 fully saturated rings. The second-order valence-corrected chi connectivity index (χ2v) is 7.72. The summed E-state index contributed by atoms with van der Waals surface area (Å²) in [5.41, 5.74) is 1.38. The van der Waals surface area contributed by atoms with Crippen molar-refractivity contribution in [3.8, 4) is 17.2 Å². The van der Waals surface area contributed by atoms with Crippen LogP contribution in [0.3, 0.4) is 0 Å². The van der Waals surface area contributed by atoms with Crippen molar-refractivity contribution >= 4 is 29.4 Å². The lowest BCUT2D eigenvalue weighted by molar-refractivity contribution is -0.128. The number of ketones is 1. The maximum Gasteiger partial charge on any atom is 0.336 e. The summed E-state index contributed by atoms with van der Waals surface area (Å²) in [4.78, 5) is 24.7. The molecule has 0 bridgehead atoms. The van der Waals surface area contributed by atoms with Crippen LogP contribution < -0.4 is 14.2 Å². The summed E-state index contributed by atoms with van der Waals surface area (Å²) < 4.78 is 29.3. The van der Waals surface area contributed by atoms with Crippen LogP contribution in [-0.2, 0) is 4.79 Å². The fourth-order valence-corrected chi connectivity index (χ4v) is 3.21. The molecule has 0 saturated carbocycles. The monoisotopic (exact) mass is 468 g/mol. The smallest absolute Gasteiger partial charge is 0.336 e. The van der Waals surface area contributed by atoms with E-state index in [9.17, 15) is 14.0 Å². The summed E-state index contributed by atoms with van der Waals surface area (Å²) in [6.07, 6.45) is 2.72. The average Bonchev–Trinajstić information content (AvgIpc) is 2.79. The zero-order valence-corrected chi connectivity index (χ0v) is 19.1. The van der Waals surface area contributed by atoms with Crippen LogP contribution in [0.1, 0.15) is 35.3 Å². The van der Waals surface area contributed by atoms with Crippen molar-refractivity contribution in [2.75, 3.05) is 7.11 Å². The minimum absolute atomic E-state index is 0.0786. The van der Waals surface area contributed by atoms with E-state index in [0.717, 1.165) is 0 Å². The van der Waals surface area contributed by atoms with Crippen LogP contribution in [0.15, 0.2) is 66.7 Å². The quantitative estimate of drug-likeness (QED) is 0.172. The fourth-order valence-electron chi connectivity index (χ4n) is 2.94. The van der Waals surface area contributed by atoms with Gasteiger partial charge in [-0.1, -0.05) is 11.6 Å². The van der Waals surface area contributed by atoms with Crippen molar-refractivity contribution in [2.24, 2.45) is 0 Å². The first-order valence-corrected chi connectivity index (χ1v) is 10.5. The van der Waals surface area contributed by atoms with E-state index in [1.807, 2.05) is 13.8 Å². The molecule has 170 valence electrons. The van der Waals surface area contributed by atoms with Gasteiger partial charge in [0.2, 0.25) is 0 Å². The van der Waals surface area contributed by atoms with Crippen molar-refractivity contribution < 1.29 is 28.2 Å². The summed E-state index contributed by atoms with van der Waals surface area (Å²) in [7, 11) is 1.51. The van der Waals surface area contributed by atoms with E-state index in [4.69, 9.17) is 25.8 Å². The van der Waals surface area contributed by atoms with Gasteiger partial charge in [0.15, 0.2) is 17.3 Å². The lowest BCUT2D eigenvalue weighted by atomic mass is 10.0. The highest BCUT2D eigenvalue weighted by molar-refractivity contribution is 6.32. The Bertz CT molecular complexity index is 1170. The first kappa shape index (κ1) is 24.0. The Hall–Kier alpha value is -3.64. The highest BCUT2D eigenvalue weighted by Gasteiger charge is 2.13. The lowest BCUT2D eigenvalue weighted by Crippen LogP contribution is -2.07. The molecule has 0 N–H and O–H groups in total. The van der Waals surface area contributed by atoms with Gasteiger partial charge in [0.05, 0.1) is 18.2 Å². The highest BCUT2D eigenvalue weighted by Crippen LogP contribution is 2.37. The van der Waals surface area contributed by atoms with Crippen molar-refractivity contribution in [2.45, 2.75) is 20.0 Å². The minimum Gasteiger partial charge on any atom is -0.493 e. The van der Waals surface area contributed by atoms with Gasteiger partial charge in [-0.2, -0.15) is 0 Å². The second kappa shape index (κ2) is 10.8. The SMILES string of the molecule is COc1cc(/C=C/C(=O)Oc2ccc(C(=O)c3ccc(F)cc3)cc2)cc(Cl)c1OC(C)C. The topological polar surface area (TPSA) is 61.8 Å². The van der Waals surface area contributed by atoms with Crippen LogP contribution in [0.25, 0.3) is 6.08 Å². The van der Waals surface area contributed by atoms with E-state index in [2.05, 4.69) is 0 Å². The second-order valence-electron chi connectivity index (χ2n) is 7.32. The molecule has 0 unspecified atom stereocenters. The third-order valence-electron chi connectivity index (χ3n) is 4.46. The number of hydrogen-bond donors (Lipinski definition) is 0. The van der Waals surface area contributed by atoms with Crippen LogP contribution in [0.5, 0.6) is 17.2 Å². The molecule has 0 aliphatic heterocycles. The number of rotatable bonds is 8. The predicted octanol–water partition coefficient (Wildman–Crippen LogP) is 6.12. The van der Waals surface area contributed by atoms with E-state index >= 15 is 0 Å². The number of hydrogen-bond acceptors (Lipinski definition) is 5. The molecule has 0 spiro atoms. The molecule has 5 nitrogen and oxygen atoms in total. The molecule has 0 aliphatic rings. The van der Waals surface area contributed by atoms with E-state index in [1.54, 1.807) is 18.2 Å². The number of halogens is 2. The summed E-state index contributed by atoms with van der Waals surface area (Å²) in [5.74, 6) is -0.123. The third kappa shape index (κ3) is 6.43. The molecule has 0 aromatic heterocycles. The summed E-state index contributed by atoms with van der Waals surface area (Å²) in [5, 5.41) is 0.359. The predicted molar refractivity (Wildman–Crippen MR) is 125 cm³/mol. The Labute approximate surface area is 196 Å². The molecular formula is C26H22ClFO5. The molecule has 0 atom stereocenters. The normalized spacial score (nSPS) is 11.0. The van der Waals surface area contributed by atoms with Crippen LogP contribution in [0.2, 0.25) is 5.02 Å². The zero-order valence-electron chi connectivity index (χ0n) is 18.3. The number of esters is 1. The summed E-state index contributed by atoms with van der Waals surface area (Å²) >= 11 is 6.29. The summed E-state index contributed by atoms with van der Waals surface area (Å²) in [6.45, 7) is 3.76. The van der Waals surface area contributed by atoms with Gasteiger partial charge in [0.25, 0.3) is 0 Å². The Morgan fingerprint density at radius 3 is 2.15 bits per heavy atom. The van der Waals surface area contributed by atoms with Gasteiger partial charge in [-0.25, -0.2) is 9.18 Å². The number of benzene rings is 3. The van der Waals surface area contributed by atoms with Gasteiger partial charge in [0.1, 0.15) is 11.6 Å². The van der Waals surface area contributed by atoms with E-state index in [1.165, 1.54) is 61.7 Å². The zero-order chi connectivity index (χ0) is 24.0. The molecule has 3 aromatic rings. The number of methoxy groups -OCH3 is 1. The van der Waals surface area contributed by atoms with Crippen molar-refractivity contribution in [3.05, 3.63) is 94.3 Å². The first-order chi connectivity index (χ1) is 15.8. The number of ether oxygens (including phenoxy) is 3.